The first-order valence-corrected chi connectivity index (χ1v) is 7.67. The van der Waals surface area contributed by atoms with Gasteiger partial charge in [-0.15, -0.1) is 0 Å². The lowest BCUT2D eigenvalue weighted by Crippen LogP contribution is -2.18. The van der Waals surface area contributed by atoms with Gasteiger partial charge in [-0.05, 0) is 24.7 Å². The maximum Gasteiger partial charge on any atom is 0.164 e. The molecule has 0 N–H and O–H groups in total. The van der Waals surface area contributed by atoms with Gasteiger partial charge in [0.05, 0.1) is 21.3 Å². The minimum atomic E-state index is 0.654. The molecule has 0 spiro atoms. The molecule has 0 aromatic heterocycles. The third-order valence-corrected chi connectivity index (χ3v) is 3.99. The van der Waals surface area contributed by atoms with E-state index in [0.717, 1.165) is 28.4 Å². The highest BCUT2D eigenvalue weighted by Crippen LogP contribution is 2.35. The summed E-state index contributed by atoms with van der Waals surface area (Å²) < 4.78 is 16.2. The van der Waals surface area contributed by atoms with Gasteiger partial charge >= 0.3 is 0 Å². The van der Waals surface area contributed by atoms with E-state index in [0.29, 0.717) is 18.0 Å². The first kappa shape index (κ1) is 17.4. The second kappa shape index (κ2) is 8.09. The summed E-state index contributed by atoms with van der Waals surface area (Å²) >= 11 is 6.23. The number of rotatable bonds is 7. The number of nitrogens with zero attached hydrogens (tertiary/aromatic N) is 1. The highest BCUT2D eigenvalue weighted by molar-refractivity contribution is 6.31. The standard InChI is InChI=1S/C18H22ClNO3/c1-20(11-13-7-5-6-8-15(13)19)12-14-9-17(22-3)18(23-4)10-16(14)21-2/h5-10H,11-12H2,1-4H3. The normalized spacial score (nSPS) is 10.7. The summed E-state index contributed by atoms with van der Waals surface area (Å²) in [5, 5.41) is 0.777. The molecule has 0 saturated carbocycles. The van der Waals surface area contributed by atoms with Crippen molar-refractivity contribution >= 4 is 11.6 Å². The zero-order valence-corrected chi connectivity index (χ0v) is 14.7. The molecule has 0 saturated heterocycles. The molecular weight excluding hydrogens is 314 g/mol. The summed E-state index contributed by atoms with van der Waals surface area (Å²) in [7, 11) is 6.93. The molecule has 0 heterocycles. The van der Waals surface area contributed by atoms with Gasteiger partial charge in [0.25, 0.3) is 0 Å². The van der Waals surface area contributed by atoms with E-state index in [1.54, 1.807) is 21.3 Å². The van der Waals surface area contributed by atoms with E-state index >= 15 is 0 Å². The molecule has 2 aromatic rings. The zero-order valence-electron chi connectivity index (χ0n) is 13.9. The van der Waals surface area contributed by atoms with Crippen molar-refractivity contribution in [2.45, 2.75) is 13.1 Å². The predicted molar refractivity (Wildman–Crippen MR) is 92.7 cm³/mol. The van der Waals surface area contributed by atoms with Gasteiger partial charge in [0.1, 0.15) is 5.75 Å². The third kappa shape index (κ3) is 4.30. The average molecular weight is 336 g/mol. The third-order valence-electron chi connectivity index (χ3n) is 3.62. The van der Waals surface area contributed by atoms with Crippen molar-refractivity contribution in [1.29, 1.82) is 0 Å². The minimum absolute atomic E-state index is 0.654. The maximum absolute atomic E-state index is 6.23. The van der Waals surface area contributed by atoms with E-state index in [-0.39, 0.29) is 0 Å². The molecule has 2 aromatic carbocycles. The molecule has 0 amide bonds. The van der Waals surface area contributed by atoms with Crippen LogP contribution in [0.2, 0.25) is 5.02 Å². The van der Waals surface area contributed by atoms with Crippen molar-refractivity contribution in [2.24, 2.45) is 0 Å². The van der Waals surface area contributed by atoms with Gasteiger partial charge in [-0.2, -0.15) is 0 Å². The minimum Gasteiger partial charge on any atom is -0.496 e. The molecule has 5 heteroatoms. The first-order valence-electron chi connectivity index (χ1n) is 7.29. The summed E-state index contributed by atoms with van der Waals surface area (Å²) in [5.74, 6) is 2.12. The Bertz CT molecular complexity index is 661. The molecule has 23 heavy (non-hydrogen) atoms. The second-order valence-corrected chi connectivity index (χ2v) is 5.69. The summed E-state index contributed by atoms with van der Waals surface area (Å²) in [4.78, 5) is 2.17. The maximum atomic E-state index is 6.23. The molecule has 2 rings (SSSR count). The number of hydrogen-bond acceptors (Lipinski definition) is 4. The fourth-order valence-electron chi connectivity index (χ4n) is 2.48. The van der Waals surface area contributed by atoms with E-state index in [2.05, 4.69) is 4.90 Å². The lowest BCUT2D eigenvalue weighted by Gasteiger charge is -2.20. The van der Waals surface area contributed by atoms with Crippen LogP contribution in [0.1, 0.15) is 11.1 Å². The molecule has 0 aliphatic heterocycles. The fourth-order valence-corrected chi connectivity index (χ4v) is 2.68. The molecule has 0 aliphatic carbocycles. The predicted octanol–water partition coefficient (Wildman–Crippen LogP) is 4.00. The van der Waals surface area contributed by atoms with Gasteiger partial charge in [0.2, 0.25) is 0 Å². The van der Waals surface area contributed by atoms with Crippen LogP contribution in [0.25, 0.3) is 0 Å². The van der Waals surface area contributed by atoms with E-state index < -0.39 is 0 Å². The van der Waals surface area contributed by atoms with E-state index in [1.807, 2.05) is 43.4 Å². The SMILES string of the molecule is COc1cc(OC)c(OC)cc1CN(C)Cc1ccccc1Cl. The van der Waals surface area contributed by atoms with Gasteiger partial charge in [0, 0.05) is 29.7 Å². The van der Waals surface area contributed by atoms with E-state index in [4.69, 9.17) is 25.8 Å². The van der Waals surface area contributed by atoms with Crippen LogP contribution in [0.15, 0.2) is 36.4 Å². The quantitative estimate of drug-likeness (QED) is 0.765. The number of halogens is 1. The molecule has 0 radical (unpaired) electrons. The smallest absolute Gasteiger partial charge is 0.164 e. The first-order chi connectivity index (χ1) is 11.1. The molecular formula is C18H22ClNO3. The number of benzene rings is 2. The molecule has 0 bridgehead atoms. The van der Waals surface area contributed by atoms with Crippen molar-refractivity contribution < 1.29 is 14.2 Å². The van der Waals surface area contributed by atoms with E-state index in [9.17, 15) is 0 Å². The molecule has 0 atom stereocenters. The zero-order chi connectivity index (χ0) is 16.8. The molecule has 0 unspecified atom stereocenters. The van der Waals surface area contributed by atoms with Gasteiger partial charge in [-0.25, -0.2) is 0 Å². The van der Waals surface area contributed by atoms with Crippen LogP contribution < -0.4 is 14.2 Å². The Morgan fingerprint density at radius 1 is 0.826 bits per heavy atom. The Hall–Kier alpha value is -1.91. The van der Waals surface area contributed by atoms with Crippen LogP contribution in [-0.4, -0.2) is 33.3 Å². The van der Waals surface area contributed by atoms with Crippen LogP contribution in [-0.2, 0) is 13.1 Å². The van der Waals surface area contributed by atoms with Crippen molar-refractivity contribution in [3.63, 3.8) is 0 Å². The van der Waals surface area contributed by atoms with Crippen LogP contribution in [0, 0.1) is 0 Å². The number of methoxy groups -OCH3 is 3. The topological polar surface area (TPSA) is 30.9 Å². The lowest BCUT2D eigenvalue weighted by molar-refractivity contribution is 0.305. The van der Waals surface area contributed by atoms with Gasteiger partial charge in [-0.3, -0.25) is 4.90 Å². The molecule has 0 fully saturated rings. The van der Waals surface area contributed by atoms with Crippen molar-refractivity contribution in [3.8, 4) is 17.2 Å². The number of hydrogen-bond donors (Lipinski definition) is 0. The molecule has 0 aliphatic rings. The van der Waals surface area contributed by atoms with Crippen molar-refractivity contribution in [2.75, 3.05) is 28.4 Å². The Balaban J connectivity index is 2.19. The Kier molecular flexibility index (Phi) is 6.13. The van der Waals surface area contributed by atoms with Crippen LogP contribution in [0.3, 0.4) is 0 Å². The lowest BCUT2D eigenvalue weighted by atomic mass is 10.1. The Morgan fingerprint density at radius 2 is 1.39 bits per heavy atom. The van der Waals surface area contributed by atoms with Crippen LogP contribution in [0.4, 0.5) is 0 Å². The molecule has 124 valence electrons. The Morgan fingerprint density at radius 3 is 2.00 bits per heavy atom. The summed E-state index contributed by atoms with van der Waals surface area (Å²) in [5.41, 5.74) is 2.12. The van der Waals surface area contributed by atoms with Crippen molar-refractivity contribution in [1.82, 2.24) is 4.90 Å². The Labute approximate surface area is 142 Å². The number of ether oxygens (including phenoxy) is 3. The van der Waals surface area contributed by atoms with Crippen LogP contribution >= 0.6 is 11.6 Å². The summed E-state index contributed by atoms with van der Waals surface area (Å²) in [6.07, 6.45) is 0. The average Bonchev–Trinajstić information content (AvgIpc) is 2.56. The fraction of sp³-hybridized carbons (Fsp3) is 0.333. The highest BCUT2D eigenvalue weighted by Gasteiger charge is 2.14. The molecule has 4 nitrogen and oxygen atoms in total. The van der Waals surface area contributed by atoms with Gasteiger partial charge in [0.15, 0.2) is 11.5 Å². The summed E-state index contributed by atoms with van der Waals surface area (Å²) in [6.45, 7) is 1.45. The van der Waals surface area contributed by atoms with Crippen LogP contribution in [0.5, 0.6) is 17.2 Å². The van der Waals surface area contributed by atoms with Gasteiger partial charge in [-0.1, -0.05) is 29.8 Å². The largest absolute Gasteiger partial charge is 0.496 e. The second-order valence-electron chi connectivity index (χ2n) is 5.28. The highest BCUT2D eigenvalue weighted by atomic mass is 35.5. The summed E-state index contributed by atoms with van der Waals surface area (Å²) in [6, 6.07) is 11.7. The van der Waals surface area contributed by atoms with Crippen molar-refractivity contribution in [3.05, 3.63) is 52.5 Å². The monoisotopic (exact) mass is 335 g/mol. The van der Waals surface area contributed by atoms with E-state index in [1.165, 1.54) is 0 Å². The van der Waals surface area contributed by atoms with Gasteiger partial charge < -0.3 is 14.2 Å².